The molecular weight excluding hydrogens is 596 g/mol. The second-order valence-corrected chi connectivity index (χ2v) is 9.15. The predicted molar refractivity (Wildman–Crippen MR) is 142 cm³/mol. The van der Waals surface area contributed by atoms with E-state index in [9.17, 15) is 14.9 Å². The highest BCUT2D eigenvalue weighted by molar-refractivity contribution is 9.11. The zero-order valence-electron chi connectivity index (χ0n) is 18.6. The van der Waals surface area contributed by atoms with Gasteiger partial charge in [0.05, 0.1) is 20.1 Å². The summed E-state index contributed by atoms with van der Waals surface area (Å²) in [5, 5.41) is 15.7. The smallest absolute Gasteiger partial charge is 0.277 e. The molecule has 0 bridgehead atoms. The van der Waals surface area contributed by atoms with E-state index in [4.69, 9.17) is 9.47 Å². The van der Waals surface area contributed by atoms with Crippen LogP contribution in [0.1, 0.15) is 11.1 Å². The number of aromatic nitrogens is 1. The summed E-state index contributed by atoms with van der Waals surface area (Å²) in [6.07, 6.45) is 3.16. The second kappa shape index (κ2) is 11.7. The van der Waals surface area contributed by atoms with E-state index in [1.54, 1.807) is 36.5 Å². The number of fused-ring (bicyclic) bond motifs is 1. The third-order valence-electron chi connectivity index (χ3n) is 4.91. The van der Waals surface area contributed by atoms with E-state index in [-0.39, 0.29) is 18.9 Å². The molecule has 0 aliphatic carbocycles. The normalized spacial score (nSPS) is 10.9. The first kappa shape index (κ1) is 25.3. The number of benzene rings is 3. The number of nitro benzene ring substituents is 1. The van der Waals surface area contributed by atoms with Crippen LogP contribution in [0.3, 0.4) is 0 Å². The molecule has 1 amide bonds. The van der Waals surface area contributed by atoms with E-state index in [0.717, 1.165) is 10.9 Å². The van der Waals surface area contributed by atoms with Crippen molar-refractivity contribution in [1.82, 2.24) is 10.4 Å². The second-order valence-electron chi connectivity index (χ2n) is 7.44. The molecule has 4 aromatic rings. The van der Waals surface area contributed by atoms with E-state index < -0.39 is 10.8 Å². The van der Waals surface area contributed by atoms with Crippen molar-refractivity contribution in [2.45, 2.75) is 6.61 Å². The molecule has 0 atom stereocenters. The van der Waals surface area contributed by atoms with E-state index in [1.807, 2.05) is 24.3 Å². The first-order chi connectivity index (χ1) is 17.4. The molecule has 0 radical (unpaired) electrons. The Labute approximate surface area is 222 Å². The van der Waals surface area contributed by atoms with Crippen LogP contribution in [0.4, 0.5) is 5.69 Å². The Kier molecular flexibility index (Phi) is 8.24. The van der Waals surface area contributed by atoms with Crippen LogP contribution in [-0.4, -0.2) is 28.6 Å². The predicted octanol–water partition coefficient (Wildman–Crippen LogP) is 5.78. The molecule has 0 spiro atoms. The number of carbonyl (C=O) groups excluding carboxylic acids is 1. The van der Waals surface area contributed by atoms with Crippen molar-refractivity contribution in [1.29, 1.82) is 0 Å². The van der Waals surface area contributed by atoms with Crippen LogP contribution < -0.4 is 14.9 Å². The molecule has 0 fully saturated rings. The minimum atomic E-state index is -0.448. The van der Waals surface area contributed by atoms with Crippen LogP contribution >= 0.6 is 31.9 Å². The molecule has 0 saturated heterocycles. The third kappa shape index (κ3) is 6.43. The van der Waals surface area contributed by atoms with Crippen molar-refractivity contribution in [2.24, 2.45) is 5.10 Å². The minimum Gasteiger partial charge on any atom is -0.487 e. The number of nitro groups is 1. The summed E-state index contributed by atoms with van der Waals surface area (Å²) in [5.41, 5.74) is 4.63. The van der Waals surface area contributed by atoms with Crippen LogP contribution in [0.25, 0.3) is 10.9 Å². The Morgan fingerprint density at radius 2 is 1.78 bits per heavy atom. The van der Waals surface area contributed by atoms with Crippen molar-refractivity contribution in [2.75, 3.05) is 6.61 Å². The summed E-state index contributed by atoms with van der Waals surface area (Å²) in [5.74, 6) is 0.663. The van der Waals surface area contributed by atoms with Gasteiger partial charge < -0.3 is 9.47 Å². The fourth-order valence-corrected chi connectivity index (χ4v) is 4.66. The van der Waals surface area contributed by atoms with E-state index in [2.05, 4.69) is 47.4 Å². The summed E-state index contributed by atoms with van der Waals surface area (Å²) in [6, 6.07) is 19.0. The highest BCUT2D eigenvalue weighted by atomic mass is 79.9. The van der Waals surface area contributed by atoms with Crippen molar-refractivity contribution in [3.05, 3.63) is 103 Å². The number of carbonyl (C=O) groups is 1. The quantitative estimate of drug-likeness (QED) is 0.145. The molecule has 0 aliphatic rings. The number of nitrogens with zero attached hydrogens (tertiary/aromatic N) is 3. The number of hydrazone groups is 1. The van der Waals surface area contributed by atoms with Gasteiger partial charge in [0.25, 0.3) is 11.6 Å². The molecule has 0 saturated carbocycles. The topological polar surface area (TPSA) is 116 Å². The lowest BCUT2D eigenvalue weighted by atomic mass is 10.2. The molecule has 0 unspecified atom stereocenters. The lowest BCUT2D eigenvalue weighted by molar-refractivity contribution is -0.384. The fourth-order valence-electron chi connectivity index (χ4n) is 3.21. The SMILES string of the molecule is O=C(COc1cccc2cccnc12)N/N=C/c1cc(Br)c(OCc2ccc([N+](=O)[O-])cc2)c(Br)c1. The maximum absolute atomic E-state index is 12.2. The average Bonchev–Trinajstić information content (AvgIpc) is 2.87. The van der Waals surface area contributed by atoms with Gasteiger partial charge in [0.2, 0.25) is 0 Å². The Morgan fingerprint density at radius 3 is 2.50 bits per heavy atom. The summed E-state index contributed by atoms with van der Waals surface area (Å²) in [6.45, 7) is 0.0146. The van der Waals surface area contributed by atoms with Gasteiger partial charge in [-0.1, -0.05) is 18.2 Å². The summed E-state index contributed by atoms with van der Waals surface area (Å²) >= 11 is 6.95. The largest absolute Gasteiger partial charge is 0.487 e. The first-order valence-electron chi connectivity index (χ1n) is 10.5. The fraction of sp³-hybridized carbons (Fsp3) is 0.0800. The number of hydrogen-bond acceptors (Lipinski definition) is 7. The van der Waals surface area contributed by atoms with Crippen LogP contribution in [-0.2, 0) is 11.4 Å². The standard InChI is InChI=1S/C25H18Br2N4O5/c26-20-11-17(12-21(27)25(20)36-14-16-6-8-19(9-7-16)31(33)34)13-29-30-23(32)15-35-22-5-1-3-18-4-2-10-28-24(18)22/h1-13H,14-15H2,(H,30,32)/b29-13+. The number of nitrogens with one attached hydrogen (secondary N) is 1. The van der Waals surface area contributed by atoms with Gasteiger partial charge in [-0.2, -0.15) is 5.10 Å². The minimum absolute atomic E-state index is 0.0222. The van der Waals surface area contributed by atoms with Gasteiger partial charge in [0, 0.05) is 23.7 Å². The Morgan fingerprint density at radius 1 is 1.06 bits per heavy atom. The van der Waals surface area contributed by atoms with Gasteiger partial charge in [0.1, 0.15) is 23.6 Å². The zero-order valence-corrected chi connectivity index (χ0v) is 21.7. The number of rotatable bonds is 9. The number of para-hydroxylation sites is 1. The van der Waals surface area contributed by atoms with Gasteiger partial charge >= 0.3 is 0 Å². The van der Waals surface area contributed by atoms with Gasteiger partial charge in [-0.25, -0.2) is 5.43 Å². The van der Waals surface area contributed by atoms with Crippen LogP contribution in [0.15, 0.2) is 87.0 Å². The van der Waals surface area contributed by atoms with Crippen molar-refractivity contribution >= 4 is 60.6 Å². The van der Waals surface area contributed by atoms with E-state index >= 15 is 0 Å². The number of ether oxygens (including phenoxy) is 2. The van der Waals surface area contributed by atoms with E-state index in [1.165, 1.54) is 18.3 Å². The van der Waals surface area contributed by atoms with Crippen molar-refractivity contribution in [3.8, 4) is 11.5 Å². The molecule has 0 aliphatic heterocycles. The number of hydrogen-bond donors (Lipinski definition) is 1. The Hall–Kier alpha value is -3.83. The summed E-state index contributed by atoms with van der Waals surface area (Å²) < 4.78 is 12.8. The Balaban J connectivity index is 1.31. The lowest BCUT2D eigenvalue weighted by Crippen LogP contribution is -2.24. The van der Waals surface area contributed by atoms with Crippen LogP contribution in [0, 0.1) is 10.1 Å². The maximum atomic E-state index is 12.2. The first-order valence-corrected chi connectivity index (χ1v) is 12.1. The van der Waals surface area contributed by atoms with Crippen molar-refractivity contribution < 1.29 is 19.2 Å². The number of amides is 1. The molecular formula is C25H18Br2N4O5. The summed E-state index contributed by atoms with van der Waals surface area (Å²) in [7, 11) is 0. The molecule has 1 aromatic heterocycles. The van der Waals surface area contributed by atoms with Gasteiger partial charge in [-0.3, -0.25) is 19.9 Å². The lowest BCUT2D eigenvalue weighted by Gasteiger charge is -2.11. The van der Waals surface area contributed by atoms with Gasteiger partial charge in [-0.15, -0.1) is 0 Å². The number of halogens is 2. The molecule has 1 heterocycles. The van der Waals surface area contributed by atoms with Crippen LogP contribution in [0.2, 0.25) is 0 Å². The highest BCUT2D eigenvalue weighted by Gasteiger charge is 2.11. The molecule has 9 nitrogen and oxygen atoms in total. The molecule has 4 rings (SSSR count). The molecule has 3 aromatic carbocycles. The summed E-state index contributed by atoms with van der Waals surface area (Å²) in [4.78, 5) is 26.8. The number of pyridine rings is 1. The Bertz CT molecular complexity index is 1420. The number of non-ortho nitro benzene ring substituents is 1. The van der Waals surface area contributed by atoms with E-state index in [0.29, 0.717) is 31.5 Å². The van der Waals surface area contributed by atoms with Gasteiger partial charge in [-0.05, 0) is 79.4 Å². The van der Waals surface area contributed by atoms with Gasteiger partial charge in [0.15, 0.2) is 6.61 Å². The molecule has 36 heavy (non-hydrogen) atoms. The van der Waals surface area contributed by atoms with Crippen molar-refractivity contribution in [3.63, 3.8) is 0 Å². The zero-order chi connectivity index (χ0) is 25.5. The maximum Gasteiger partial charge on any atom is 0.277 e. The monoisotopic (exact) mass is 612 g/mol. The molecule has 182 valence electrons. The highest BCUT2D eigenvalue weighted by Crippen LogP contribution is 2.35. The molecule has 1 N–H and O–H groups in total. The average molecular weight is 614 g/mol. The van der Waals surface area contributed by atoms with Crippen LogP contribution in [0.5, 0.6) is 11.5 Å². The molecule has 11 heteroatoms. The third-order valence-corrected chi connectivity index (χ3v) is 6.09.